The van der Waals surface area contributed by atoms with Crippen LogP contribution in [0.25, 0.3) is 10.9 Å². The van der Waals surface area contributed by atoms with Crippen molar-refractivity contribution in [3.8, 4) is 5.75 Å². The van der Waals surface area contributed by atoms with Crippen LogP contribution in [0.3, 0.4) is 0 Å². The molecule has 1 heterocycles. The lowest BCUT2D eigenvalue weighted by molar-refractivity contribution is 0.474. The summed E-state index contributed by atoms with van der Waals surface area (Å²) in [6.07, 6.45) is 2.12. The fourth-order valence-corrected chi connectivity index (χ4v) is 2.69. The monoisotopic (exact) mass is 280 g/mol. The lowest BCUT2D eigenvalue weighted by Gasteiger charge is -2.08. The zero-order valence-electron chi connectivity index (χ0n) is 12.2. The van der Waals surface area contributed by atoms with Gasteiger partial charge in [0.1, 0.15) is 5.75 Å². The third-order valence-electron chi connectivity index (χ3n) is 3.73. The molecule has 2 N–H and O–H groups in total. The summed E-state index contributed by atoms with van der Waals surface area (Å²) in [4.78, 5) is 0. The first kappa shape index (κ1) is 13.7. The Morgan fingerprint density at radius 3 is 2.76 bits per heavy atom. The Hall–Kier alpha value is -2.26. The number of hydrogen-bond acceptors (Lipinski definition) is 2. The van der Waals surface area contributed by atoms with Crippen molar-refractivity contribution in [2.75, 3.05) is 6.54 Å². The number of fused-ring (bicyclic) bond motifs is 1. The quantitative estimate of drug-likeness (QED) is 0.750. The van der Waals surface area contributed by atoms with Gasteiger partial charge >= 0.3 is 0 Å². The van der Waals surface area contributed by atoms with E-state index in [1.807, 2.05) is 18.2 Å². The van der Waals surface area contributed by atoms with Gasteiger partial charge in [-0.2, -0.15) is 0 Å². The van der Waals surface area contributed by atoms with Crippen LogP contribution >= 0.6 is 0 Å². The van der Waals surface area contributed by atoms with Crippen molar-refractivity contribution in [3.05, 3.63) is 65.9 Å². The van der Waals surface area contributed by atoms with Crippen LogP contribution in [0.1, 0.15) is 18.1 Å². The highest BCUT2D eigenvalue weighted by Gasteiger charge is 2.06. The van der Waals surface area contributed by atoms with Crippen molar-refractivity contribution in [2.24, 2.45) is 0 Å². The summed E-state index contributed by atoms with van der Waals surface area (Å²) in [5, 5.41) is 14.2. The van der Waals surface area contributed by atoms with E-state index in [9.17, 15) is 5.11 Å². The molecule has 0 bridgehead atoms. The molecule has 3 heteroatoms. The lowest BCUT2D eigenvalue weighted by Crippen LogP contribution is -2.11. The molecule has 0 aliphatic carbocycles. The first-order valence-corrected chi connectivity index (χ1v) is 7.33. The third-order valence-corrected chi connectivity index (χ3v) is 3.73. The molecule has 0 amide bonds. The average molecular weight is 280 g/mol. The number of nitrogens with zero attached hydrogens (tertiary/aromatic N) is 1. The summed E-state index contributed by atoms with van der Waals surface area (Å²) in [5.74, 6) is 0.316. The molecule has 0 aliphatic rings. The van der Waals surface area contributed by atoms with Crippen LogP contribution in [0, 0.1) is 0 Å². The maximum atomic E-state index is 9.58. The molecule has 108 valence electrons. The molecular formula is C18H20N2O. The summed E-state index contributed by atoms with van der Waals surface area (Å²) in [7, 11) is 0. The molecule has 0 spiro atoms. The van der Waals surface area contributed by atoms with Crippen molar-refractivity contribution < 1.29 is 5.11 Å². The molecule has 0 radical (unpaired) electrons. The van der Waals surface area contributed by atoms with E-state index >= 15 is 0 Å². The van der Waals surface area contributed by atoms with Crippen LogP contribution in [0.15, 0.2) is 54.7 Å². The molecule has 1 aromatic heterocycles. The van der Waals surface area contributed by atoms with Gasteiger partial charge in [-0.05, 0) is 41.9 Å². The van der Waals surface area contributed by atoms with Crippen molar-refractivity contribution in [3.63, 3.8) is 0 Å². The second-order valence-electron chi connectivity index (χ2n) is 5.24. The predicted octanol–water partition coefficient (Wildman–Crippen LogP) is 3.50. The molecule has 2 aromatic carbocycles. The molecule has 3 rings (SSSR count). The van der Waals surface area contributed by atoms with E-state index in [1.54, 1.807) is 6.07 Å². The fraction of sp³-hybridized carbons (Fsp3) is 0.222. The van der Waals surface area contributed by atoms with E-state index < -0.39 is 0 Å². The minimum absolute atomic E-state index is 0.316. The number of hydrogen-bond donors (Lipinski definition) is 2. The van der Waals surface area contributed by atoms with E-state index in [0.29, 0.717) is 5.75 Å². The van der Waals surface area contributed by atoms with Gasteiger partial charge in [0.15, 0.2) is 0 Å². The molecule has 3 nitrogen and oxygen atoms in total. The number of phenolic OH excluding ortho intramolecular Hbond substituents is 1. The van der Waals surface area contributed by atoms with Crippen LogP contribution in [0.2, 0.25) is 0 Å². The molecule has 0 fully saturated rings. The van der Waals surface area contributed by atoms with E-state index in [-0.39, 0.29) is 0 Å². The number of aromatic hydroxyl groups is 1. The second-order valence-corrected chi connectivity index (χ2v) is 5.24. The van der Waals surface area contributed by atoms with Crippen molar-refractivity contribution in [1.29, 1.82) is 0 Å². The van der Waals surface area contributed by atoms with E-state index in [2.05, 4.69) is 47.3 Å². The normalized spacial score (nSPS) is 11.1. The van der Waals surface area contributed by atoms with Gasteiger partial charge in [-0.1, -0.05) is 31.2 Å². The van der Waals surface area contributed by atoms with Crippen molar-refractivity contribution in [2.45, 2.75) is 20.0 Å². The minimum atomic E-state index is 0.316. The standard InChI is InChI=1S/C18H20N2O/c1-2-19-12-15-6-4-8-18-17(15)9-10-20(18)13-14-5-3-7-16(21)11-14/h3-11,19,21H,2,12-13H2,1H3. The summed E-state index contributed by atoms with van der Waals surface area (Å²) >= 11 is 0. The number of aromatic nitrogens is 1. The van der Waals surface area contributed by atoms with Crippen molar-refractivity contribution >= 4 is 10.9 Å². The first-order chi connectivity index (χ1) is 10.3. The SMILES string of the molecule is CCNCc1cccc2c1ccn2Cc1cccc(O)c1. The molecule has 0 atom stereocenters. The summed E-state index contributed by atoms with van der Waals surface area (Å²) < 4.78 is 2.22. The number of benzene rings is 2. The van der Waals surface area contributed by atoms with Crippen molar-refractivity contribution in [1.82, 2.24) is 9.88 Å². The molecule has 0 saturated carbocycles. The Kier molecular flexibility index (Phi) is 3.93. The van der Waals surface area contributed by atoms with Crippen LogP contribution in [-0.4, -0.2) is 16.2 Å². The first-order valence-electron chi connectivity index (χ1n) is 7.33. The number of phenols is 1. The van der Waals surface area contributed by atoms with Gasteiger partial charge in [-0.15, -0.1) is 0 Å². The number of nitrogens with one attached hydrogen (secondary N) is 1. The molecule has 0 saturated heterocycles. The number of rotatable bonds is 5. The highest BCUT2D eigenvalue weighted by Crippen LogP contribution is 2.22. The van der Waals surface area contributed by atoms with Gasteiger partial charge in [0.25, 0.3) is 0 Å². The van der Waals surface area contributed by atoms with Crippen LogP contribution < -0.4 is 5.32 Å². The Bertz CT molecular complexity index is 746. The maximum Gasteiger partial charge on any atom is 0.115 e. The highest BCUT2D eigenvalue weighted by molar-refractivity contribution is 5.83. The van der Waals surface area contributed by atoms with Crippen LogP contribution in [0.5, 0.6) is 5.75 Å². The topological polar surface area (TPSA) is 37.2 Å². The van der Waals surface area contributed by atoms with Crippen LogP contribution in [0.4, 0.5) is 0 Å². The van der Waals surface area contributed by atoms with E-state index in [0.717, 1.165) is 25.2 Å². The Morgan fingerprint density at radius 2 is 1.95 bits per heavy atom. The van der Waals surface area contributed by atoms with Gasteiger partial charge in [-0.3, -0.25) is 0 Å². The van der Waals surface area contributed by atoms with Gasteiger partial charge in [0.05, 0.1) is 0 Å². The molecule has 21 heavy (non-hydrogen) atoms. The minimum Gasteiger partial charge on any atom is -0.508 e. The average Bonchev–Trinajstić information content (AvgIpc) is 2.89. The molecule has 0 unspecified atom stereocenters. The molecule has 3 aromatic rings. The smallest absolute Gasteiger partial charge is 0.115 e. The summed E-state index contributed by atoms with van der Waals surface area (Å²) in [6, 6.07) is 16.0. The maximum absolute atomic E-state index is 9.58. The zero-order chi connectivity index (χ0) is 14.7. The highest BCUT2D eigenvalue weighted by atomic mass is 16.3. The summed E-state index contributed by atoms with van der Waals surface area (Å²) in [5.41, 5.74) is 3.65. The third kappa shape index (κ3) is 2.93. The van der Waals surface area contributed by atoms with Gasteiger partial charge in [-0.25, -0.2) is 0 Å². The van der Waals surface area contributed by atoms with Gasteiger partial charge in [0, 0.05) is 30.2 Å². The second kappa shape index (κ2) is 6.02. The Balaban J connectivity index is 1.93. The fourth-order valence-electron chi connectivity index (χ4n) is 2.69. The Labute approximate surface area is 124 Å². The zero-order valence-corrected chi connectivity index (χ0v) is 12.2. The van der Waals surface area contributed by atoms with E-state index in [1.165, 1.54) is 16.5 Å². The summed E-state index contributed by atoms with van der Waals surface area (Å²) in [6.45, 7) is 4.75. The van der Waals surface area contributed by atoms with E-state index in [4.69, 9.17) is 0 Å². The Morgan fingerprint density at radius 1 is 1.10 bits per heavy atom. The molecular weight excluding hydrogens is 260 g/mol. The van der Waals surface area contributed by atoms with Crippen LogP contribution in [-0.2, 0) is 13.1 Å². The molecule has 0 aliphatic heterocycles. The van der Waals surface area contributed by atoms with Gasteiger partial charge < -0.3 is 15.0 Å². The largest absolute Gasteiger partial charge is 0.508 e. The van der Waals surface area contributed by atoms with Gasteiger partial charge in [0.2, 0.25) is 0 Å². The predicted molar refractivity (Wildman–Crippen MR) is 86.5 cm³/mol. The lowest BCUT2D eigenvalue weighted by atomic mass is 10.1.